The van der Waals surface area contributed by atoms with E-state index in [1.807, 2.05) is 28.8 Å². The number of hydrogen-bond donors (Lipinski definition) is 4. The maximum Gasteiger partial charge on any atom is 0.249 e. The number of hydrogen-bond acceptors (Lipinski definition) is 10. The average Bonchev–Trinajstić information content (AvgIpc) is 3.34. The molecule has 1 saturated heterocycles. The zero-order valence-corrected chi connectivity index (χ0v) is 18.6. The quantitative estimate of drug-likeness (QED) is 0.333. The van der Waals surface area contributed by atoms with E-state index in [9.17, 15) is 9.90 Å². The van der Waals surface area contributed by atoms with Crippen molar-refractivity contribution >= 4 is 45.9 Å². The van der Waals surface area contributed by atoms with Gasteiger partial charge in [-0.05, 0) is 25.0 Å². The summed E-state index contributed by atoms with van der Waals surface area (Å²) < 4.78 is 5.72. The lowest BCUT2D eigenvalue weighted by molar-refractivity contribution is -0.117. The lowest BCUT2D eigenvalue weighted by Crippen LogP contribution is -2.40. The maximum absolute atomic E-state index is 12.9. The molecule has 12 nitrogen and oxygen atoms in total. The second-order valence-corrected chi connectivity index (χ2v) is 9.51. The number of nitrogens with one attached hydrogen (secondary N) is 3. The molecule has 0 unspecified atom stereocenters. The van der Waals surface area contributed by atoms with Gasteiger partial charge in [-0.15, -0.1) is 0 Å². The molecule has 2 fully saturated rings. The number of β-amino-alcohol motifs (C(OH)–C–C–N with tert-alkyl or cyclic N) is 1. The SMILES string of the molecule is CC1(c2cc(Nc3nc(N4C[C@@H](O)C[C@H]4C(=O)Nc4ncns4)nc4cccn34)n[nH]2)CC1. The Bertz CT molecular complexity index is 1310. The number of nitrogens with zero attached hydrogens (tertiary/aromatic N) is 7. The summed E-state index contributed by atoms with van der Waals surface area (Å²) in [6.45, 7) is 2.46. The van der Waals surface area contributed by atoms with E-state index < -0.39 is 12.1 Å². The van der Waals surface area contributed by atoms with Crippen LogP contribution in [0, 0.1) is 0 Å². The van der Waals surface area contributed by atoms with Gasteiger partial charge in [-0.1, -0.05) is 6.92 Å². The molecule has 0 aromatic carbocycles. The summed E-state index contributed by atoms with van der Waals surface area (Å²) in [5, 5.41) is 24.3. The maximum atomic E-state index is 12.9. The molecule has 0 radical (unpaired) electrons. The van der Waals surface area contributed by atoms with Gasteiger partial charge in [0.1, 0.15) is 18.0 Å². The number of carbonyl (C=O) groups is 1. The Balaban J connectivity index is 1.31. The lowest BCUT2D eigenvalue weighted by Gasteiger charge is -2.23. The van der Waals surface area contributed by atoms with E-state index in [1.54, 1.807) is 4.90 Å². The molecule has 1 aliphatic heterocycles. The fourth-order valence-electron chi connectivity index (χ4n) is 4.10. The van der Waals surface area contributed by atoms with E-state index in [0.717, 1.165) is 30.1 Å². The van der Waals surface area contributed by atoms with Crippen LogP contribution < -0.4 is 15.5 Å². The number of carbonyl (C=O) groups excluding carboxylic acids is 1. The van der Waals surface area contributed by atoms with Crippen LogP contribution in [0.2, 0.25) is 0 Å². The van der Waals surface area contributed by atoms with Crippen molar-refractivity contribution in [3.05, 3.63) is 36.4 Å². The number of aromatic nitrogens is 7. The van der Waals surface area contributed by atoms with Crippen molar-refractivity contribution in [3.63, 3.8) is 0 Å². The molecule has 0 bridgehead atoms. The van der Waals surface area contributed by atoms with Crippen molar-refractivity contribution < 1.29 is 9.90 Å². The van der Waals surface area contributed by atoms with Crippen LogP contribution in [0.1, 0.15) is 31.9 Å². The molecule has 1 aliphatic carbocycles. The molecule has 4 aromatic rings. The van der Waals surface area contributed by atoms with Crippen molar-refractivity contribution in [2.24, 2.45) is 0 Å². The van der Waals surface area contributed by atoms with Crippen LogP contribution in [0.3, 0.4) is 0 Å². The fraction of sp³-hybridized carbons (Fsp3) is 0.400. The third-order valence-electron chi connectivity index (χ3n) is 6.27. The van der Waals surface area contributed by atoms with E-state index in [1.165, 1.54) is 6.33 Å². The molecular formula is C20H22N10O2S. The molecule has 2 aliphatic rings. The fourth-order valence-corrected chi connectivity index (χ4v) is 4.54. The second-order valence-electron chi connectivity index (χ2n) is 8.73. The van der Waals surface area contributed by atoms with Crippen LogP contribution in [0.15, 0.2) is 30.7 Å². The molecule has 33 heavy (non-hydrogen) atoms. The average molecular weight is 467 g/mol. The van der Waals surface area contributed by atoms with Crippen LogP contribution in [0.25, 0.3) is 5.65 Å². The second kappa shape index (κ2) is 7.49. The molecule has 13 heteroatoms. The van der Waals surface area contributed by atoms with E-state index in [2.05, 4.69) is 42.1 Å². The van der Waals surface area contributed by atoms with Crippen molar-refractivity contribution in [2.45, 2.75) is 43.7 Å². The Hall–Kier alpha value is -3.58. The van der Waals surface area contributed by atoms with Gasteiger partial charge < -0.3 is 15.3 Å². The number of anilines is 4. The normalized spacial score (nSPS) is 21.5. The van der Waals surface area contributed by atoms with Crippen molar-refractivity contribution in [3.8, 4) is 0 Å². The van der Waals surface area contributed by atoms with Gasteiger partial charge in [0.25, 0.3) is 0 Å². The van der Waals surface area contributed by atoms with Gasteiger partial charge in [-0.2, -0.15) is 19.4 Å². The standard InChI is InChI=1S/C20H22N10O2S/c1-20(4-5-20)13-8-14(28-27-13)23-17-26-18(24-15-3-2-6-29(15)17)30-9-11(31)7-12(30)16(32)25-19-21-10-22-33-19/h2-3,6,8,10-12,31H,4-5,7,9H2,1H3,(H,21,22,25,32)(H2,23,24,26,27,28)/t11-,12-/m0/s1. The highest BCUT2D eigenvalue weighted by atomic mass is 32.1. The molecule has 5 heterocycles. The van der Waals surface area contributed by atoms with Gasteiger partial charge in [-0.3, -0.25) is 19.6 Å². The number of H-pyrrole nitrogens is 1. The van der Waals surface area contributed by atoms with Crippen LogP contribution in [-0.4, -0.2) is 63.6 Å². The Kier molecular flexibility index (Phi) is 4.55. The Morgan fingerprint density at radius 3 is 3.03 bits per heavy atom. The predicted molar refractivity (Wildman–Crippen MR) is 122 cm³/mol. The van der Waals surface area contributed by atoms with Crippen molar-refractivity contribution in [2.75, 3.05) is 22.1 Å². The highest BCUT2D eigenvalue weighted by molar-refractivity contribution is 7.09. The Morgan fingerprint density at radius 2 is 2.24 bits per heavy atom. The Labute approximate surface area is 192 Å². The highest BCUT2D eigenvalue weighted by Gasteiger charge is 2.41. The summed E-state index contributed by atoms with van der Waals surface area (Å²) in [5.74, 6) is 1.24. The molecule has 170 valence electrons. The summed E-state index contributed by atoms with van der Waals surface area (Å²) in [6.07, 6.45) is 5.12. The molecule has 0 spiro atoms. The monoisotopic (exact) mass is 466 g/mol. The van der Waals surface area contributed by atoms with Crippen LogP contribution in [0.4, 0.5) is 22.8 Å². The smallest absolute Gasteiger partial charge is 0.249 e. The topological polar surface area (TPSA) is 149 Å². The van der Waals surface area contributed by atoms with E-state index >= 15 is 0 Å². The highest BCUT2D eigenvalue weighted by Crippen LogP contribution is 2.47. The van der Waals surface area contributed by atoms with Crippen LogP contribution in [0.5, 0.6) is 0 Å². The van der Waals surface area contributed by atoms with Gasteiger partial charge in [-0.25, -0.2) is 4.98 Å². The first-order chi connectivity index (χ1) is 16.0. The third kappa shape index (κ3) is 3.68. The lowest BCUT2D eigenvalue weighted by atomic mass is 10.1. The van der Waals surface area contributed by atoms with Gasteiger partial charge in [0, 0.05) is 47.9 Å². The summed E-state index contributed by atoms with van der Waals surface area (Å²) >= 11 is 1.09. The predicted octanol–water partition coefficient (Wildman–Crippen LogP) is 1.68. The van der Waals surface area contributed by atoms with Gasteiger partial charge in [0.05, 0.1) is 6.10 Å². The molecule has 2 atom stereocenters. The number of fused-ring (bicyclic) bond motifs is 1. The largest absolute Gasteiger partial charge is 0.391 e. The molecule has 1 amide bonds. The molecule has 4 aromatic heterocycles. The zero-order chi connectivity index (χ0) is 22.6. The minimum absolute atomic E-state index is 0.172. The zero-order valence-electron chi connectivity index (χ0n) is 17.8. The van der Waals surface area contributed by atoms with E-state index in [4.69, 9.17) is 4.98 Å². The number of aliphatic hydroxyl groups is 1. The summed E-state index contributed by atoms with van der Waals surface area (Å²) in [6, 6.07) is 5.10. The first-order valence-corrected chi connectivity index (χ1v) is 11.5. The van der Waals surface area contributed by atoms with Gasteiger partial charge >= 0.3 is 0 Å². The Morgan fingerprint density at radius 1 is 1.36 bits per heavy atom. The molecular weight excluding hydrogens is 444 g/mol. The summed E-state index contributed by atoms with van der Waals surface area (Å²) in [7, 11) is 0. The molecule has 4 N–H and O–H groups in total. The minimum atomic E-state index is -0.675. The molecule has 1 saturated carbocycles. The van der Waals surface area contributed by atoms with Gasteiger partial charge in [0.15, 0.2) is 5.82 Å². The first-order valence-electron chi connectivity index (χ1n) is 10.7. The number of aliphatic hydroxyl groups excluding tert-OH is 1. The van der Waals surface area contributed by atoms with Crippen molar-refractivity contribution in [1.82, 2.24) is 33.9 Å². The summed E-state index contributed by atoms with van der Waals surface area (Å²) in [5.41, 5.74) is 1.93. The van der Waals surface area contributed by atoms with Crippen LogP contribution in [-0.2, 0) is 10.2 Å². The first kappa shape index (κ1) is 20.1. The number of rotatable bonds is 6. The van der Waals surface area contributed by atoms with E-state index in [-0.39, 0.29) is 24.3 Å². The number of aromatic amines is 1. The van der Waals surface area contributed by atoms with Gasteiger partial charge in [0.2, 0.25) is 22.9 Å². The van der Waals surface area contributed by atoms with E-state index in [0.29, 0.717) is 28.5 Å². The van der Waals surface area contributed by atoms with Crippen molar-refractivity contribution in [1.29, 1.82) is 0 Å². The summed E-state index contributed by atoms with van der Waals surface area (Å²) in [4.78, 5) is 28.0. The third-order valence-corrected chi connectivity index (χ3v) is 6.85. The molecule has 6 rings (SSSR count). The van der Waals surface area contributed by atoms with Crippen LogP contribution >= 0.6 is 11.5 Å². The minimum Gasteiger partial charge on any atom is -0.391 e. The number of amides is 1.